The van der Waals surface area contributed by atoms with E-state index < -0.39 is 10.3 Å². The van der Waals surface area contributed by atoms with Crippen LogP contribution in [0, 0.1) is 0 Å². The lowest BCUT2D eigenvalue weighted by Gasteiger charge is -2.25. The third-order valence-electron chi connectivity index (χ3n) is 1.60. The predicted molar refractivity (Wildman–Crippen MR) is 47.5 cm³/mol. The van der Waals surface area contributed by atoms with Crippen molar-refractivity contribution >= 4 is 10.3 Å². The van der Waals surface area contributed by atoms with E-state index in [1.54, 1.807) is 13.8 Å². The van der Waals surface area contributed by atoms with Gasteiger partial charge in [0.25, 0.3) is 0 Å². The molecule has 78 valence electrons. The molecule has 0 aromatic carbocycles. The SMILES string of the molecule is CC(C)OS(=O)(=O)N1CCOCC1. The molecule has 0 radical (unpaired) electrons. The largest absolute Gasteiger partial charge is 0.379 e. The zero-order valence-corrected chi connectivity index (χ0v) is 8.71. The van der Waals surface area contributed by atoms with Gasteiger partial charge in [0.2, 0.25) is 0 Å². The highest BCUT2D eigenvalue weighted by Gasteiger charge is 2.25. The van der Waals surface area contributed by atoms with E-state index in [0.29, 0.717) is 26.3 Å². The maximum atomic E-state index is 11.4. The Hall–Kier alpha value is -0.170. The van der Waals surface area contributed by atoms with Crippen molar-refractivity contribution in [2.45, 2.75) is 20.0 Å². The van der Waals surface area contributed by atoms with Gasteiger partial charge in [0.05, 0.1) is 19.3 Å². The summed E-state index contributed by atoms with van der Waals surface area (Å²) in [5.74, 6) is 0. The summed E-state index contributed by atoms with van der Waals surface area (Å²) < 4.78 is 34.0. The minimum Gasteiger partial charge on any atom is -0.379 e. The highest BCUT2D eigenvalue weighted by molar-refractivity contribution is 7.84. The van der Waals surface area contributed by atoms with Gasteiger partial charge >= 0.3 is 10.3 Å². The lowest BCUT2D eigenvalue weighted by molar-refractivity contribution is 0.0645. The Kier molecular flexibility index (Phi) is 3.66. The van der Waals surface area contributed by atoms with E-state index in [1.165, 1.54) is 4.31 Å². The summed E-state index contributed by atoms with van der Waals surface area (Å²) >= 11 is 0. The molecule has 0 saturated carbocycles. The molecular weight excluding hydrogens is 194 g/mol. The fourth-order valence-corrected chi connectivity index (χ4v) is 2.28. The van der Waals surface area contributed by atoms with E-state index in [2.05, 4.69) is 0 Å². The number of rotatable bonds is 3. The van der Waals surface area contributed by atoms with Crippen LogP contribution in [0.25, 0.3) is 0 Å². The molecule has 1 heterocycles. The molecule has 0 atom stereocenters. The van der Waals surface area contributed by atoms with Crippen LogP contribution >= 0.6 is 0 Å². The molecule has 0 aliphatic carbocycles. The van der Waals surface area contributed by atoms with E-state index in [4.69, 9.17) is 8.92 Å². The van der Waals surface area contributed by atoms with Crippen molar-refractivity contribution in [2.75, 3.05) is 26.3 Å². The molecule has 0 aromatic heterocycles. The number of ether oxygens (including phenoxy) is 1. The van der Waals surface area contributed by atoms with Crippen molar-refractivity contribution in [3.05, 3.63) is 0 Å². The van der Waals surface area contributed by atoms with Gasteiger partial charge in [-0.15, -0.1) is 0 Å². The predicted octanol–water partition coefficient (Wildman–Crippen LogP) is -0.0116. The summed E-state index contributed by atoms with van der Waals surface area (Å²) in [6.45, 7) is 5.04. The van der Waals surface area contributed by atoms with Crippen LogP contribution in [0.4, 0.5) is 0 Å². The molecule has 0 bridgehead atoms. The molecule has 0 aromatic rings. The quantitative estimate of drug-likeness (QED) is 0.656. The minimum absolute atomic E-state index is 0.312. The van der Waals surface area contributed by atoms with Crippen molar-refractivity contribution in [3.8, 4) is 0 Å². The molecule has 1 aliphatic heterocycles. The van der Waals surface area contributed by atoms with Crippen molar-refractivity contribution in [2.24, 2.45) is 0 Å². The fourth-order valence-electron chi connectivity index (χ4n) is 1.07. The molecule has 1 saturated heterocycles. The van der Waals surface area contributed by atoms with Gasteiger partial charge in [-0.3, -0.25) is 4.18 Å². The lowest BCUT2D eigenvalue weighted by Crippen LogP contribution is -2.42. The summed E-state index contributed by atoms with van der Waals surface area (Å²) in [7, 11) is -3.53. The summed E-state index contributed by atoms with van der Waals surface area (Å²) in [5.41, 5.74) is 0. The molecule has 1 aliphatic rings. The topological polar surface area (TPSA) is 55.8 Å². The highest BCUT2D eigenvalue weighted by atomic mass is 32.2. The van der Waals surface area contributed by atoms with Gasteiger partial charge in [-0.1, -0.05) is 0 Å². The van der Waals surface area contributed by atoms with Gasteiger partial charge in [-0.05, 0) is 13.8 Å². The zero-order valence-electron chi connectivity index (χ0n) is 7.89. The first-order chi connectivity index (χ1) is 6.02. The van der Waals surface area contributed by atoms with E-state index >= 15 is 0 Å². The molecular formula is C7H15NO4S. The number of nitrogens with zero attached hydrogens (tertiary/aromatic N) is 1. The Bertz CT molecular complexity index is 243. The van der Waals surface area contributed by atoms with Gasteiger partial charge in [-0.2, -0.15) is 12.7 Å². The molecule has 1 rings (SSSR count). The van der Waals surface area contributed by atoms with Gasteiger partial charge in [0.1, 0.15) is 0 Å². The maximum Gasteiger partial charge on any atom is 0.338 e. The second-order valence-corrected chi connectivity index (χ2v) is 4.68. The van der Waals surface area contributed by atoms with Crippen molar-refractivity contribution in [1.82, 2.24) is 4.31 Å². The Labute approximate surface area is 78.9 Å². The summed E-state index contributed by atoms with van der Waals surface area (Å²) in [6.07, 6.45) is -0.312. The van der Waals surface area contributed by atoms with Crippen LogP contribution in [0.5, 0.6) is 0 Å². The van der Waals surface area contributed by atoms with Crippen LogP contribution < -0.4 is 0 Å². The number of hydrogen-bond acceptors (Lipinski definition) is 4. The normalized spacial score (nSPS) is 20.8. The Morgan fingerprint density at radius 3 is 2.31 bits per heavy atom. The second-order valence-electron chi connectivity index (χ2n) is 3.11. The number of hydrogen-bond donors (Lipinski definition) is 0. The maximum absolute atomic E-state index is 11.4. The Balaban J connectivity index is 2.57. The van der Waals surface area contributed by atoms with Crippen molar-refractivity contribution in [1.29, 1.82) is 0 Å². The first-order valence-corrected chi connectivity index (χ1v) is 5.65. The second kappa shape index (κ2) is 4.36. The third-order valence-corrected chi connectivity index (χ3v) is 3.23. The van der Waals surface area contributed by atoms with E-state index in [0.717, 1.165) is 0 Å². The molecule has 6 heteroatoms. The van der Waals surface area contributed by atoms with Gasteiger partial charge < -0.3 is 4.74 Å². The van der Waals surface area contributed by atoms with Gasteiger partial charge in [0, 0.05) is 13.1 Å². The third kappa shape index (κ3) is 3.22. The van der Waals surface area contributed by atoms with Crippen LogP contribution in [0.1, 0.15) is 13.8 Å². The van der Waals surface area contributed by atoms with Gasteiger partial charge in [-0.25, -0.2) is 0 Å². The van der Waals surface area contributed by atoms with E-state index in [9.17, 15) is 8.42 Å². The smallest absolute Gasteiger partial charge is 0.338 e. The molecule has 0 unspecified atom stereocenters. The summed E-state index contributed by atoms with van der Waals surface area (Å²) in [4.78, 5) is 0. The lowest BCUT2D eigenvalue weighted by atomic mass is 10.5. The van der Waals surface area contributed by atoms with Crippen molar-refractivity contribution in [3.63, 3.8) is 0 Å². The molecule has 0 N–H and O–H groups in total. The van der Waals surface area contributed by atoms with E-state index in [-0.39, 0.29) is 6.10 Å². The van der Waals surface area contributed by atoms with E-state index in [1.807, 2.05) is 0 Å². The first-order valence-electron chi connectivity index (χ1n) is 4.28. The fraction of sp³-hybridized carbons (Fsp3) is 1.00. The Morgan fingerprint density at radius 1 is 1.31 bits per heavy atom. The zero-order chi connectivity index (χ0) is 9.90. The first kappa shape index (κ1) is 10.9. The minimum atomic E-state index is -3.53. The standard InChI is InChI=1S/C7H15NO4S/c1-7(2)12-13(9,10)8-3-5-11-6-4-8/h7H,3-6H2,1-2H3. The highest BCUT2D eigenvalue weighted by Crippen LogP contribution is 2.08. The average Bonchev–Trinajstić information content (AvgIpc) is 2.04. The number of morpholine rings is 1. The van der Waals surface area contributed by atoms with Crippen LogP contribution in [-0.4, -0.2) is 45.1 Å². The average molecular weight is 209 g/mol. The van der Waals surface area contributed by atoms with Crippen molar-refractivity contribution < 1.29 is 17.3 Å². The Morgan fingerprint density at radius 2 is 1.85 bits per heavy atom. The summed E-state index contributed by atoms with van der Waals surface area (Å²) in [6, 6.07) is 0. The molecule has 0 spiro atoms. The van der Waals surface area contributed by atoms with Crippen LogP contribution in [0.3, 0.4) is 0 Å². The molecule has 13 heavy (non-hydrogen) atoms. The van der Waals surface area contributed by atoms with Crippen LogP contribution in [0.2, 0.25) is 0 Å². The molecule has 5 nitrogen and oxygen atoms in total. The monoisotopic (exact) mass is 209 g/mol. The van der Waals surface area contributed by atoms with Crippen LogP contribution in [-0.2, 0) is 19.2 Å². The van der Waals surface area contributed by atoms with Crippen LogP contribution in [0.15, 0.2) is 0 Å². The molecule has 1 fully saturated rings. The molecule has 0 amide bonds. The van der Waals surface area contributed by atoms with Gasteiger partial charge in [0.15, 0.2) is 0 Å². The summed E-state index contributed by atoms with van der Waals surface area (Å²) in [5, 5.41) is 0.